The summed E-state index contributed by atoms with van der Waals surface area (Å²) in [7, 11) is 0. The van der Waals surface area contributed by atoms with Gasteiger partial charge < -0.3 is 10.2 Å². The molecule has 94 valence electrons. The third-order valence-corrected chi connectivity index (χ3v) is 4.38. The van der Waals surface area contributed by atoms with Crippen LogP contribution in [-0.2, 0) is 0 Å². The molecule has 1 unspecified atom stereocenters. The minimum atomic E-state index is 0.779. The van der Waals surface area contributed by atoms with Crippen molar-refractivity contribution >= 4 is 37.5 Å². The zero-order valence-electron chi connectivity index (χ0n) is 10.0. The molecule has 2 rings (SSSR count). The normalized spacial score (nSPS) is 19.9. The predicted molar refractivity (Wildman–Crippen MR) is 80.7 cm³/mol. The summed E-state index contributed by atoms with van der Waals surface area (Å²) in [6.07, 6.45) is 1.28. The lowest BCUT2D eigenvalue weighted by Crippen LogP contribution is -2.26. The molecule has 1 aliphatic heterocycles. The van der Waals surface area contributed by atoms with Gasteiger partial charge in [-0.05, 0) is 59.6 Å². The average Bonchev–Trinajstić information content (AvgIpc) is 2.78. The van der Waals surface area contributed by atoms with Crippen molar-refractivity contribution in [2.45, 2.75) is 13.3 Å². The quantitative estimate of drug-likeness (QED) is 0.880. The van der Waals surface area contributed by atoms with Crippen molar-refractivity contribution < 1.29 is 0 Å². The van der Waals surface area contributed by atoms with Crippen LogP contribution in [0.15, 0.2) is 27.1 Å². The van der Waals surface area contributed by atoms with Crippen LogP contribution < -0.4 is 10.2 Å². The first-order chi connectivity index (χ1) is 8.20. The van der Waals surface area contributed by atoms with Crippen molar-refractivity contribution in [1.29, 1.82) is 0 Å². The van der Waals surface area contributed by atoms with E-state index in [0.717, 1.165) is 36.6 Å². The van der Waals surface area contributed by atoms with Crippen LogP contribution in [0.1, 0.15) is 13.3 Å². The van der Waals surface area contributed by atoms with Gasteiger partial charge in [0.2, 0.25) is 0 Å². The molecule has 0 saturated carbocycles. The van der Waals surface area contributed by atoms with Gasteiger partial charge in [0.15, 0.2) is 0 Å². The Balaban J connectivity index is 2.02. The van der Waals surface area contributed by atoms with E-state index in [1.165, 1.54) is 16.6 Å². The first-order valence-electron chi connectivity index (χ1n) is 6.11. The van der Waals surface area contributed by atoms with E-state index in [2.05, 4.69) is 67.2 Å². The van der Waals surface area contributed by atoms with Crippen molar-refractivity contribution in [3.05, 3.63) is 27.1 Å². The first kappa shape index (κ1) is 13.4. The van der Waals surface area contributed by atoms with Crippen molar-refractivity contribution in [3.8, 4) is 0 Å². The van der Waals surface area contributed by atoms with E-state index in [0.29, 0.717) is 0 Å². The summed E-state index contributed by atoms with van der Waals surface area (Å²) < 4.78 is 2.33. The lowest BCUT2D eigenvalue weighted by molar-refractivity contribution is 0.528. The lowest BCUT2D eigenvalue weighted by atomic mass is 10.1. The monoisotopic (exact) mass is 360 g/mol. The third kappa shape index (κ3) is 3.46. The molecule has 2 nitrogen and oxygen atoms in total. The standard InChI is InChI=1S/C13H18Br2N2/c1-2-16-8-10-5-6-17(9-10)13-7-11(14)3-4-12(13)15/h3-4,7,10,16H,2,5-6,8-9H2,1H3. The molecule has 1 saturated heterocycles. The van der Waals surface area contributed by atoms with Gasteiger partial charge in [-0.2, -0.15) is 0 Å². The Morgan fingerprint density at radius 1 is 1.41 bits per heavy atom. The average molecular weight is 362 g/mol. The molecule has 0 aliphatic carbocycles. The maximum atomic E-state index is 3.63. The summed E-state index contributed by atoms with van der Waals surface area (Å²) in [6, 6.07) is 6.37. The summed E-state index contributed by atoms with van der Waals surface area (Å²) in [5.41, 5.74) is 1.30. The molecule has 1 N–H and O–H groups in total. The number of hydrogen-bond acceptors (Lipinski definition) is 2. The van der Waals surface area contributed by atoms with Gasteiger partial charge in [-0.1, -0.05) is 22.9 Å². The number of rotatable bonds is 4. The molecule has 1 atom stereocenters. The molecule has 1 aromatic carbocycles. The second-order valence-electron chi connectivity index (χ2n) is 4.50. The molecule has 0 bridgehead atoms. The Labute approximate surface area is 120 Å². The van der Waals surface area contributed by atoms with Crippen LogP contribution in [0, 0.1) is 5.92 Å². The number of anilines is 1. The van der Waals surface area contributed by atoms with E-state index in [-0.39, 0.29) is 0 Å². The van der Waals surface area contributed by atoms with Gasteiger partial charge in [0, 0.05) is 22.0 Å². The van der Waals surface area contributed by atoms with Crippen LogP contribution in [0.4, 0.5) is 5.69 Å². The zero-order chi connectivity index (χ0) is 12.3. The molecule has 0 spiro atoms. The van der Waals surface area contributed by atoms with Crippen molar-refractivity contribution in [2.24, 2.45) is 5.92 Å². The topological polar surface area (TPSA) is 15.3 Å². The molecule has 1 heterocycles. The van der Waals surface area contributed by atoms with Gasteiger partial charge >= 0.3 is 0 Å². The molecule has 0 aromatic heterocycles. The van der Waals surface area contributed by atoms with Gasteiger partial charge in [0.25, 0.3) is 0 Å². The third-order valence-electron chi connectivity index (χ3n) is 3.22. The summed E-state index contributed by atoms with van der Waals surface area (Å²) >= 11 is 7.18. The Bertz CT molecular complexity index is 382. The van der Waals surface area contributed by atoms with Crippen molar-refractivity contribution in [3.63, 3.8) is 0 Å². The molecule has 1 aromatic rings. The van der Waals surface area contributed by atoms with Crippen LogP contribution in [-0.4, -0.2) is 26.2 Å². The molecule has 0 amide bonds. The highest BCUT2D eigenvalue weighted by molar-refractivity contribution is 9.11. The number of nitrogens with one attached hydrogen (secondary N) is 1. The van der Waals surface area contributed by atoms with Crippen LogP contribution >= 0.6 is 31.9 Å². The predicted octanol–water partition coefficient (Wildman–Crippen LogP) is 3.65. The first-order valence-corrected chi connectivity index (χ1v) is 7.70. The number of hydrogen-bond donors (Lipinski definition) is 1. The van der Waals surface area contributed by atoms with Crippen molar-refractivity contribution in [2.75, 3.05) is 31.1 Å². The molecular formula is C13H18Br2N2. The molecule has 1 aliphatic rings. The van der Waals surface area contributed by atoms with Gasteiger partial charge in [0.05, 0.1) is 5.69 Å². The zero-order valence-corrected chi connectivity index (χ0v) is 13.2. The minimum Gasteiger partial charge on any atom is -0.370 e. The van der Waals surface area contributed by atoms with E-state index in [4.69, 9.17) is 0 Å². The molecule has 4 heteroatoms. The van der Waals surface area contributed by atoms with E-state index in [1.54, 1.807) is 0 Å². The highest BCUT2D eigenvalue weighted by atomic mass is 79.9. The maximum Gasteiger partial charge on any atom is 0.0522 e. The number of halogens is 2. The second kappa shape index (κ2) is 6.21. The van der Waals surface area contributed by atoms with Crippen LogP contribution in [0.2, 0.25) is 0 Å². The maximum absolute atomic E-state index is 3.63. The largest absolute Gasteiger partial charge is 0.370 e. The fourth-order valence-electron chi connectivity index (χ4n) is 2.29. The van der Waals surface area contributed by atoms with Crippen molar-refractivity contribution in [1.82, 2.24) is 5.32 Å². The fraction of sp³-hybridized carbons (Fsp3) is 0.538. The second-order valence-corrected chi connectivity index (χ2v) is 6.27. The van der Waals surface area contributed by atoms with E-state index in [9.17, 15) is 0 Å². The SMILES string of the molecule is CCNCC1CCN(c2cc(Br)ccc2Br)C1. The Morgan fingerprint density at radius 3 is 3.00 bits per heavy atom. The summed E-state index contributed by atoms with van der Waals surface area (Å²) in [5, 5.41) is 3.44. The van der Waals surface area contributed by atoms with Gasteiger partial charge in [-0.15, -0.1) is 0 Å². The summed E-state index contributed by atoms with van der Waals surface area (Å²) in [5.74, 6) is 0.779. The van der Waals surface area contributed by atoms with E-state index >= 15 is 0 Å². The van der Waals surface area contributed by atoms with Gasteiger partial charge in [-0.3, -0.25) is 0 Å². The van der Waals surface area contributed by atoms with E-state index in [1.807, 2.05) is 0 Å². The Hall–Kier alpha value is -0.0600. The fourth-order valence-corrected chi connectivity index (χ4v) is 3.14. The summed E-state index contributed by atoms with van der Waals surface area (Å²) in [4.78, 5) is 2.47. The van der Waals surface area contributed by atoms with E-state index < -0.39 is 0 Å². The Kier molecular flexibility index (Phi) is 4.88. The minimum absolute atomic E-state index is 0.779. The number of benzene rings is 1. The highest BCUT2D eigenvalue weighted by Gasteiger charge is 2.23. The summed E-state index contributed by atoms with van der Waals surface area (Å²) in [6.45, 7) is 6.68. The van der Waals surface area contributed by atoms with Gasteiger partial charge in [0.1, 0.15) is 0 Å². The lowest BCUT2D eigenvalue weighted by Gasteiger charge is -2.20. The number of nitrogens with zero attached hydrogens (tertiary/aromatic N) is 1. The molecule has 0 radical (unpaired) electrons. The van der Waals surface area contributed by atoms with Gasteiger partial charge in [-0.25, -0.2) is 0 Å². The highest BCUT2D eigenvalue weighted by Crippen LogP contribution is 2.32. The van der Waals surface area contributed by atoms with Crippen LogP contribution in [0.5, 0.6) is 0 Å². The molecule has 1 fully saturated rings. The Morgan fingerprint density at radius 2 is 2.24 bits per heavy atom. The van der Waals surface area contributed by atoms with Crippen LogP contribution in [0.3, 0.4) is 0 Å². The van der Waals surface area contributed by atoms with Crippen LogP contribution in [0.25, 0.3) is 0 Å². The molecular weight excluding hydrogens is 344 g/mol. The smallest absolute Gasteiger partial charge is 0.0522 e. The molecule has 17 heavy (non-hydrogen) atoms.